The van der Waals surface area contributed by atoms with Crippen molar-refractivity contribution >= 4 is 22.4 Å². The molecular weight excluding hydrogens is 206 g/mol. The molecule has 3 nitrogen and oxygen atoms in total. The van der Waals surface area contributed by atoms with Gasteiger partial charge in [-0.15, -0.1) is 0 Å². The van der Waals surface area contributed by atoms with Gasteiger partial charge in [0, 0.05) is 11.6 Å². The van der Waals surface area contributed by atoms with E-state index in [1.807, 2.05) is 6.92 Å². The highest BCUT2D eigenvalue weighted by Gasteiger charge is 2.22. The molecule has 1 aromatic heterocycles. The molecule has 4 heteroatoms. The number of nitrogens with one attached hydrogen (secondary N) is 1. The molecule has 0 bridgehead atoms. The van der Waals surface area contributed by atoms with Gasteiger partial charge < -0.3 is 11.1 Å². The summed E-state index contributed by atoms with van der Waals surface area (Å²) in [4.78, 5) is 0. The number of nitrogens with zero attached hydrogens (tertiary/aromatic N) is 1. The lowest BCUT2D eigenvalue weighted by Gasteiger charge is -2.29. The number of hydrogen-bond donors (Lipinski definition) is 2. The fraction of sp³-hybridized carbons (Fsp3) is 0.727. The lowest BCUT2D eigenvalue weighted by molar-refractivity contribution is 0.350. The van der Waals surface area contributed by atoms with E-state index in [0.717, 1.165) is 16.5 Å². The molecule has 0 amide bonds. The summed E-state index contributed by atoms with van der Waals surface area (Å²) in [6.07, 6.45) is 5.34. The Morgan fingerprint density at radius 2 is 2.13 bits per heavy atom. The van der Waals surface area contributed by atoms with Crippen molar-refractivity contribution in [3.8, 4) is 0 Å². The molecule has 2 rings (SSSR count). The molecule has 84 valence electrons. The van der Waals surface area contributed by atoms with E-state index in [1.54, 1.807) is 0 Å². The number of nitrogens with two attached hydrogens (primary N) is 1. The molecule has 3 N–H and O–H groups in total. The Kier molecular flexibility index (Phi) is 3.14. The third-order valence-electron chi connectivity index (χ3n) is 3.39. The molecule has 1 saturated carbocycles. The van der Waals surface area contributed by atoms with E-state index >= 15 is 0 Å². The van der Waals surface area contributed by atoms with Gasteiger partial charge in [0.1, 0.15) is 10.8 Å². The molecule has 1 fully saturated rings. The monoisotopic (exact) mass is 225 g/mol. The van der Waals surface area contributed by atoms with Crippen molar-refractivity contribution in [2.24, 2.45) is 5.92 Å². The van der Waals surface area contributed by atoms with Crippen molar-refractivity contribution in [2.75, 3.05) is 11.1 Å². The van der Waals surface area contributed by atoms with E-state index in [2.05, 4.69) is 16.6 Å². The molecule has 0 aliphatic heterocycles. The van der Waals surface area contributed by atoms with Crippen LogP contribution in [-0.2, 0) is 0 Å². The molecule has 0 spiro atoms. The summed E-state index contributed by atoms with van der Waals surface area (Å²) in [6, 6.07) is 0.609. The van der Waals surface area contributed by atoms with E-state index in [-0.39, 0.29) is 0 Å². The van der Waals surface area contributed by atoms with Gasteiger partial charge in [0.15, 0.2) is 0 Å². The normalized spacial score (nSPS) is 26.5. The number of rotatable bonds is 2. The van der Waals surface area contributed by atoms with Gasteiger partial charge in [-0.05, 0) is 37.2 Å². The largest absolute Gasteiger partial charge is 0.383 e. The third-order valence-corrected chi connectivity index (χ3v) is 4.28. The molecule has 1 aromatic rings. The van der Waals surface area contributed by atoms with Gasteiger partial charge in [0.05, 0.1) is 0 Å². The second-order valence-corrected chi connectivity index (χ2v) is 5.31. The predicted octanol–water partition coefficient (Wildman–Crippen LogP) is 3.02. The van der Waals surface area contributed by atoms with Crippen molar-refractivity contribution in [3.63, 3.8) is 0 Å². The Hall–Kier alpha value is -0.770. The lowest BCUT2D eigenvalue weighted by atomic mass is 9.86. The standard InChI is InChI=1S/C11H19N3S/c1-7-5-3-4-6-9(7)13-11-8(2)10(12)14-15-11/h7,9,13H,3-6H2,1-2H3,(H2,12,14). The summed E-state index contributed by atoms with van der Waals surface area (Å²) in [6.45, 7) is 4.37. The van der Waals surface area contributed by atoms with Crippen LogP contribution in [0.2, 0.25) is 0 Å². The van der Waals surface area contributed by atoms with Gasteiger partial charge in [0.2, 0.25) is 0 Å². The first-order valence-corrected chi connectivity index (χ1v) is 6.44. The fourth-order valence-electron chi connectivity index (χ4n) is 2.18. The number of aromatic nitrogens is 1. The van der Waals surface area contributed by atoms with Crippen LogP contribution in [-0.4, -0.2) is 10.4 Å². The average Bonchev–Trinajstić information content (AvgIpc) is 2.53. The van der Waals surface area contributed by atoms with Crippen LogP contribution in [0, 0.1) is 12.8 Å². The Morgan fingerprint density at radius 3 is 2.73 bits per heavy atom. The van der Waals surface area contributed by atoms with Crippen LogP contribution in [0.3, 0.4) is 0 Å². The van der Waals surface area contributed by atoms with Crippen molar-refractivity contribution < 1.29 is 0 Å². The summed E-state index contributed by atoms with van der Waals surface area (Å²) < 4.78 is 4.16. The Balaban J connectivity index is 2.04. The molecule has 2 unspecified atom stereocenters. The molecule has 1 heterocycles. The predicted molar refractivity (Wildman–Crippen MR) is 66.3 cm³/mol. The Morgan fingerprint density at radius 1 is 1.40 bits per heavy atom. The van der Waals surface area contributed by atoms with Crippen LogP contribution in [0.25, 0.3) is 0 Å². The maximum absolute atomic E-state index is 5.74. The van der Waals surface area contributed by atoms with Gasteiger partial charge in [-0.3, -0.25) is 0 Å². The Bertz CT molecular complexity index is 335. The first-order chi connectivity index (χ1) is 7.18. The molecule has 0 aromatic carbocycles. The summed E-state index contributed by atoms with van der Waals surface area (Å²) in [5.41, 5.74) is 6.85. The van der Waals surface area contributed by atoms with Gasteiger partial charge in [-0.2, -0.15) is 4.37 Å². The maximum atomic E-state index is 5.74. The number of hydrogen-bond acceptors (Lipinski definition) is 4. The summed E-state index contributed by atoms with van der Waals surface area (Å²) in [7, 11) is 0. The van der Waals surface area contributed by atoms with Crippen LogP contribution in [0.5, 0.6) is 0 Å². The summed E-state index contributed by atoms with van der Waals surface area (Å²) in [5.74, 6) is 1.44. The van der Waals surface area contributed by atoms with Crippen molar-refractivity contribution in [2.45, 2.75) is 45.6 Å². The van der Waals surface area contributed by atoms with Gasteiger partial charge in [-0.1, -0.05) is 19.8 Å². The summed E-state index contributed by atoms with van der Waals surface area (Å²) >= 11 is 1.49. The minimum atomic E-state index is 0.609. The highest BCUT2D eigenvalue weighted by Crippen LogP contribution is 2.31. The van der Waals surface area contributed by atoms with E-state index < -0.39 is 0 Å². The van der Waals surface area contributed by atoms with Crippen molar-refractivity contribution in [1.82, 2.24) is 4.37 Å². The zero-order valence-electron chi connectivity index (χ0n) is 9.42. The topological polar surface area (TPSA) is 50.9 Å². The Labute approximate surface area is 95.2 Å². The summed E-state index contributed by atoms with van der Waals surface area (Å²) in [5, 5.41) is 4.75. The van der Waals surface area contributed by atoms with Gasteiger partial charge >= 0.3 is 0 Å². The fourth-order valence-corrected chi connectivity index (χ4v) is 2.95. The lowest BCUT2D eigenvalue weighted by Crippen LogP contribution is -2.30. The third kappa shape index (κ3) is 2.25. The number of nitrogen functional groups attached to an aromatic ring is 1. The molecule has 1 aliphatic carbocycles. The quantitative estimate of drug-likeness (QED) is 0.813. The van der Waals surface area contributed by atoms with Gasteiger partial charge in [0.25, 0.3) is 0 Å². The smallest absolute Gasteiger partial charge is 0.142 e. The van der Waals surface area contributed by atoms with E-state index in [1.165, 1.54) is 37.2 Å². The highest BCUT2D eigenvalue weighted by atomic mass is 32.1. The molecule has 2 atom stereocenters. The van der Waals surface area contributed by atoms with E-state index in [4.69, 9.17) is 5.73 Å². The van der Waals surface area contributed by atoms with Crippen molar-refractivity contribution in [3.05, 3.63) is 5.56 Å². The van der Waals surface area contributed by atoms with E-state index in [0.29, 0.717) is 11.9 Å². The second kappa shape index (κ2) is 4.39. The molecule has 15 heavy (non-hydrogen) atoms. The minimum Gasteiger partial charge on any atom is -0.383 e. The second-order valence-electron chi connectivity index (χ2n) is 4.53. The van der Waals surface area contributed by atoms with Crippen LogP contribution in [0.4, 0.5) is 10.8 Å². The van der Waals surface area contributed by atoms with E-state index in [9.17, 15) is 0 Å². The number of anilines is 2. The molecule has 0 saturated heterocycles. The first kappa shape index (κ1) is 10.7. The van der Waals surface area contributed by atoms with Crippen LogP contribution < -0.4 is 11.1 Å². The highest BCUT2D eigenvalue weighted by molar-refractivity contribution is 7.10. The molecular formula is C11H19N3S. The minimum absolute atomic E-state index is 0.609. The molecule has 0 radical (unpaired) electrons. The maximum Gasteiger partial charge on any atom is 0.142 e. The SMILES string of the molecule is Cc1c(N)nsc1NC1CCCCC1C. The molecule has 1 aliphatic rings. The van der Waals surface area contributed by atoms with Crippen molar-refractivity contribution in [1.29, 1.82) is 0 Å². The van der Waals surface area contributed by atoms with Crippen LogP contribution in [0.15, 0.2) is 0 Å². The first-order valence-electron chi connectivity index (χ1n) is 5.66. The zero-order chi connectivity index (χ0) is 10.8. The zero-order valence-corrected chi connectivity index (χ0v) is 10.2. The average molecular weight is 225 g/mol. The van der Waals surface area contributed by atoms with Gasteiger partial charge in [-0.25, -0.2) is 0 Å². The van der Waals surface area contributed by atoms with Crippen LogP contribution in [0.1, 0.15) is 38.2 Å². The van der Waals surface area contributed by atoms with Crippen LogP contribution >= 0.6 is 11.5 Å².